The Bertz CT molecular complexity index is 1220. The van der Waals surface area contributed by atoms with Crippen molar-refractivity contribution >= 4 is 11.7 Å². The number of ether oxygens (including phenoxy) is 3. The summed E-state index contributed by atoms with van der Waals surface area (Å²) in [6, 6.07) is 8.26. The van der Waals surface area contributed by atoms with Crippen molar-refractivity contribution in [3.8, 4) is 5.75 Å². The molecule has 228 valence electrons. The average Bonchev–Trinajstić information content (AvgIpc) is 2.99. The van der Waals surface area contributed by atoms with Gasteiger partial charge in [0.1, 0.15) is 12.4 Å². The lowest BCUT2D eigenvalue weighted by molar-refractivity contribution is -0.133. The highest BCUT2D eigenvalue weighted by atomic mass is 19.1. The topological polar surface area (TPSA) is 127 Å². The number of azide groups is 1. The number of halogens is 1. The van der Waals surface area contributed by atoms with E-state index in [0.29, 0.717) is 38.2 Å². The molecule has 3 rings (SSSR count). The van der Waals surface area contributed by atoms with Crippen LogP contribution in [0.4, 0.5) is 4.39 Å². The fraction of sp³-hybridized carbons (Fsp3) is 0.581. The number of carbonyl (C=O) groups excluding carboxylic acids is 2. The molecule has 0 radical (unpaired) electrons. The highest BCUT2D eigenvalue weighted by Crippen LogP contribution is 2.29. The first-order chi connectivity index (χ1) is 20.4. The van der Waals surface area contributed by atoms with Gasteiger partial charge in [-0.25, -0.2) is 4.39 Å². The molecule has 1 heterocycles. The van der Waals surface area contributed by atoms with Crippen LogP contribution in [-0.4, -0.2) is 68.2 Å². The Labute approximate surface area is 247 Å². The van der Waals surface area contributed by atoms with Crippen molar-refractivity contribution in [2.24, 2.45) is 5.11 Å². The predicted molar refractivity (Wildman–Crippen MR) is 157 cm³/mol. The molecule has 0 N–H and O–H groups in total. The van der Waals surface area contributed by atoms with Crippen molar-refractivity contribution in [1.29, 1.82) is 0 Å². The van der Waals surface area contributed by atoms with E-state index in [2.05, 4.69) is 22.2 Å². The van der Waals surface area contributed by atoms with Gasteiger partial charge in [-0.3, -0.25) is 14.6 Å². The highest BCUT2D eigenvalue weighted by molar-refractivity contribution is 5.80. The zero-order chi connectivity index (χ0) is 30.2. The number of pyridine rings is 1. The van der Waals surface area contributed by atoms with Gasteiger partial charge in [0.15, 0.2) is 11.6 Å². The van der Waals surface area contributed by atoms with E-state index in [1.54, 1.807) is 18.0 Å². The lowest BCUT2D eigenvalue weighted by Gasteiger charge is -2.28. The van der Waals surface area contributed by atoms with Crippen molar-refractivity contribution in [3.05, 3.63) is 69.1 Å². The maximum absolute atomic E-state index is 14.9. The van der Waals surface area contributed by atoms with Crippen LogP contribution in [0.1, 0.15) is 74.0 Å². The van der Waals surface area contributed by atoms with Crippen LogP contribution in [0.5, 0.6) is 5.75 Å². The third-order valence-electron chi connectivity index (χ3n) is 7.25. The maximum Gasteiger partial charge on any atom is 0.222 e. The third-order valence-corrected chi connectivity index (χ3v) is 7.25. The Kier molecular flexibility index (Phi) is 14.2. The summed E-state index contributed by atoms with van der Waals surface area (Å²) in [5, 5.41) is 3.37. The first-order valence-corrected chi connectivity index (χ1v) is 14.7. The lowest BCUT2D eigenvalue weighted by Crippen LogP contribution is -2.32. The molecule has 1 amide bonds. The highest BCUT2D eigenvalue weighted by Gasteiger charge is 2.24. The molecule has 1 aliphatic carbocycles. The minimum Gasteiger partial charge on any atom is -0.488 e. The molecule has 1 aromatic heterocycles. The van der Waals surface area contributed by atoms with Crippen molar-refractivity contribution in [2.45, 2.75) is 70.8 Å². The molecule has 2 aromatic rings. The Morgan fingerprint density at radius 2 is 1.83 bits per heavy atom. The van der Waals surface area contributed by atoms with Crippen molar-refractivity contribution in [2.75, 3.05) is 46.6 Å². The Hall–Kier alpha value is -3.53. The SMILES string of the molecule is CC(=O)C[C@@H](c1ccc(OCCOCCOCCN=[N+]=[N-])c(F)c1)N(C)C(=O)CCCCc1ccc2c(n1)CCCC2. The van der Waals surface area contributed by atoms with Crippen LogP contribution >= 0.6 is 0 Å². The predicted octanol–water partition coefficient (Wildman–Crippen LogP) is 5.71. The Balaban J connectivity index is 1.44. The number of unbranched alkanes of at least 4 members (excludes halogenated alkanes) is 1. The van der Waals surface area contributed by atoms with E-state index < -0.39 is 11.9 Å². The van der Waals surface area contributed by atoms with Crippen LogP contribution in [0.2, 0.25) is 0 Å². The Morgan fingerprint density at radius 1 is 1.07 bits per heavy atom. The molecule has 0 unspecified atom stereocenters. The lowest BCUT2D eigenvalue weighted by atomic mass is 9.95. The van der Waals surface area contributed by atoms with Gasteiger partial charge in [-0.2, -0.15) is 0 Å². The number of Topliss-reactive ketones (excluding diaryl/α,β-unsaturated/α-hetero) is 1. The number of hydrogen-bond acceptors (Lipinski definition) is 7. The van der Waals surface area contributed by atoms with E-state index in [0.717, 1.165) is 31.4 Å². The van der Waals surface area contributed by atoms with Crippen molar-refractivity contribution in [1.82, 2.24) is 9.88 Å². The summed E-state index contributed by atoms with van der Waals surface area (Å²) in [5.74, 6) is -0.669. The van der Waals surface area contributed by atoms with Gasteiger partial charge in [-0.15, -0.1) is 0 Å². The second kappa shape index (κ2) is 18.1. The van der Waals surface area contributed by atoms with E-state index in [9.17, 15) is 14.0 Å². The molecule has 10 nitrogen and oxygen atoms in total. The summed E-state index contributed by atoms with van der Waals surface area (Å²) in [6.45, 7) is 3.12. The molecule has 11 heteroatoms. The monoisotopic (exact) mass is 583 g/mol. The first kappa shape index (κ1) is 33.0. The molecular weight excluding hydrogens is 541 g/mol. The van der Waals surface area contributed by atoms with Crippen molar-refractivity contribution < 1.29 is 28.2 Å². The molecule has 1 aliphatic rings. The summed E-state index contributed by atoms with van der Waals surface area (Å²) in [4.78, 5) is 34.1. The summed E-state index contributed by atoms with van der Waals surface area (Å²) in [7, 11) is 1.67. The van der Waals surface area contributed by atoms with Crippen LogP contribution in [-0.2, 0) is 38.3 Å². The number of benzene rings is 1. The second-order valence-electron chi connectivity index (χ2n) is 10.5. The number of amides is 1. The second-order valence-corrected chi connectivity index (χ2v) is 10.5. The molecule has 0 bridgehead atoms. The van der Waals surface area contributed by atoms with Crippen LogP contribution < -0.4 is 4.74 Å². The number of ketones is 1. The molecule has 0 aliphatic heterocycles. The van der Waals surface area contributed by atoms with Gasteiger partial charge in [-0.1, -0.05) is 17.2 Å². The molecule has 1 atom stereocenters. The van der Waals surface area contributed by atoms with Gasteiger partial charge in [-0.05, 0) is 86.7 Å². The fourth-order valence-corrected chi connectivity index (χ4v) is 4.97. The average molecular weight is 584 g/mol. The smallest absolute Gasteiger partial charge is 0.222 e. The van der Waals surface area contributed by atoms with Crippen LogP contribution in [0, 0.1) is 5.82 Å². The number of hydrogen-bond donors (Lipinski definition) is 0. The van der Waals surface area contributed by atoms with E-state index in [-0.39, 0.29) is 43.6 Å². The summed E-state index contributed by atoms with van der Waals surface area (Å²) in [5.41, 5.74) is 12.4. The van der Waals surface area contributed by atoms with Crippen LogP contribution in [0.3, 0.4) is 0 Å². The van der Waals surface area contributed by atoms with Gasteiger partial charge in [0, 0.05) is 42.7 Å². The van der Waals surface area contributed by atoms with E-state index in [1.165, 1.54) is 43.2 Å². The van der Waals surface area contributed by atoms with E-state index in [1.807, 2.05) is 0 Å². The van der Waals surface area contributed by atoms with Gasteiger partial charge in [0.2, 0.25) is 5.91 Å². The normalized spacial score (nSPS) is 13.1. The molecule has 0 saturated carbocycles. The number of aryl methyl sites for hydroxylation is 3. The molecule has 0 saturated heterocycles. The molecule has 0 fully saturated rings. The first-order valence-electron chi connectivity index (χ1n) is 14.7. The molecule has 1 aromatic carbocycles. The van der Waals surface area contributed by atoms with Gasteiger partial charge in [0.25, 0.3) is 0 Å². The number of aromatic nitrogens is 1. The van der Waals surface area contributed by atoms with E-state index >= 15 is 0 Å². The summed E-state index contributed by atoms with van der Waals surface area (Å²) >= 11 is 0. The number of carbonyl (C=O) groups is 2. The molecule has 42 heavy (non-hydrogen) atoms. The zero-order valence-corrected chi connectivity index (χ0v) is 24.7. The van der Waals surface area contributed by atoms with Gasteiger partial charge >= 0.3 is 0 Å². The minimum absolute atomic E-state index is 0.0688. The van der Waals surface area contributed by atoms with Crippen LogP contribution in [0.15, 0.2) is 35.4 Å². The fourth-order valence-electron chi connectivity index (χ4n) is 4.97. The molecule has 0 spiro atoms. The van der Waals surface area contributed by atoms with Gasteiger partial charge in [0.05, 0.1) is 32.5 Å². The molecular formula is C31H42FN5O5. The summed E-state index contributed by atoms with van der Waals surface area (Å²) in [6.07, 6.45) is 7.40. The number of fused-ring (bicyclic) bond motifs is 1. The maximum atomic E-state index is 14.9. The zero-order valence-electron chi connectivity index (χ0n) is 24.7. The largest absolute Gasteiger partial charge is 0.488 e. The van der Waals surface area contributed by atoms with Crippen molar-refractivity contribution in [3.63, 3.8) is 0 Å². The summed E-state index contributed by atoms with van der Waals surface area (Å²) < 4.78 is 31.0. The minimum atomic E-state index is -0.569. The Morgan fingerprint density at radius 3 is 2.60 bits per heavy atom. The number of nitrogens with zero attached hydrogens (tertiary/aromatic N) is 5. The third kappa shape index (κ3) is 11.0. The quantitative estimate of drug-likeness (QED) is 0.0902. The van der Waals surface area contributed by atoms with E-state index in [4.69, 9.17) is 24.7 Å². The standard InChI is InChI=1S/C31H42FN5O5/c1-23(38)21-29(25-12-14-30(27(32)22-25)42-20-19-41-18-17-40-16-15-34-36-33)37(2)31(39)10-6-4-8-26-13-11-24-7-3-5-9-28(24)35-26/h11-14,22,29H,3-10,15-21H2,1-2H3/t29-/m0/s1. The van der Waals surface area contributed by atoms with Gasteiger partial charge < -0.3 is 19.1 Å². The van der Waals surface area contributed by atoms with Crippen LogP contribution in [0.25, 0.3) is 10.4 Å². The number of rotatable bonds is 19.